The molecule has 0 bridgehead atoms. The highest BCUT2D eigenvalue weighted by atomic mass is 32.2. The van der Waals surface area contributed by atoms with Gasteiger partial charge in [-0.15, -0.1) is 0 Å². The summed E-state index contributed by atoms with van der Waals surface area (Å²) < 4.78 is 32.5. The fraction of sp³-hybridized carbons (Fsp3) is 0.632. The zero-order valence-electron chi connectivity index (χ0n) is 16.0. The first-order valence-corrected chi connectivity index (χ1v) is 10.8. The molecular weight excluding hydrogens is 352 g/mol. The van der Waals surface area contributed by atoms with Crippen molar-refractivity contribution in [3.63, 3.8) is 0 Å². The molecule has 1 aromatic carbocycles. The second kappa shape index (κ2) is 9.37. The summed E-state index contributed by atoms with van der Waals surface area (Å²) in [7, 11) is -1.99. The zero-order valence-corrected chi connectivity index (χ0v) is 16.8. The fourth-order valence-electron chi connectivity index (χ4n) is 3.27. The first kappa shape index (κ1) is 20.7. The van der Waals surface area contributed by atoms with Gasteiger partial charge in [0.1, 0.15) is 5.75 Å². The number of nitrogens with one attached hydrogen (secondary N) is 1. The normalized spacial score (nSPS) is 16.4. The molecule has 0 radical (unpaired) electrons. The first-order chi connectivity index (χ1) is 12.4. The van der Waals surface area contributed by atoms with Gasteiger partial charge in [-0.05, 0) is 49.9 Å². The van der Waals surface area contributed by atoms with Crippen LogP contribution in [-0.4, -0.2) is 45.4 Å². The van der Waals surface area contributed by atoms with Gasteiger partial charge in [-0.25, -0.2) is 8.42 Å². The van der Waals surface area contributed by atoms with Crippen LogP contribution in [0.4, 0.5) is 0 Å². The molecule has 0 unspecified atom stereocenters. The average Bonchev–Trinajstić information content (AvgIpc) is 2.64. The van der Waals surface area contributed by atoms with Gasteiger partial charge in [0.15, 0.2) is 0 Å². The maximum atomic E-state index is 12.9. The molecule has 0 aliphatic carbocycles. The van der Waals surface area contributed by atoms with E-state index in [1.165, 1.54) is 4.31 Å². The Bertz CT molecular complexity index is 710. The Morgan fingerprint density at radius 1 is 1.27 bits per heavy atom. The molecule has 0 aromatic heterocycles. The molecule has 2 rings (SSSR count). The Labute approximate surface area is 157 Å². The molecule has 1 amide bonds. The third-order valence-electron chi connectivity index (χ3n) is 4.90. The molecule has 1 aliphatic heterocycles. The third-order valence-corrected chi connectivity index (χ3v) is 6.96. The van der Waals surface area contributed by atoms with E-state index in [1.54, 1.807) is 32.2 Å². The van der Waals surface area contributed by atoms with E-state index in [2.05, 4.69) is 12.2 Å². The van der Waals surface area contributed by atoms with Gasteiger partial charge in [-0.1, -0.05) is 19.8 Å². The van der Waals surface area contributed by atoms with Crippen LogP contribution < -0.4 is 10.1 Å². The average molecular weight is 383 g/mol. The number of hydrogen-bond acceptors (Lipinski definition) is 4. The molecule has 0 atom stereocenters. The van der Waals surface area contributed by atoms with E-state index in [-0.39, 0.29) is 11.8 Å². The van der Waals surface area contributed by atoms with Crippen molar-refractivity contribution in [3.05, 3.63) is 23.8 Å². The number of carbonyl (C=O) groups excluding carboxylic acids is 1. The molecular formula is C19H30N2O4S. The van der Waals surface area contributed by atoms with Crippen molar-refractivity contribution in [1.82, 2.24) is 9.62 Å². The number of methoxy groups -OCH3 is 1. The molecule has 146 valence electrons. The maximum absolute atomic E-state index is 12.9. The molecule has 7 heteroatoms. The quantitative estimate of drug-likeness (QED) is 0.702. The summed E-state index contributed by atoms with van der Waals surface area (Å²) in [6.45, 7) is 5.35. The number of unbranched alkanes of at least 4 members (excludes halogenated alkanes) is 2. The van der Waals surface area contributed by atoms with Crippen LogP contribution in [0.3, 0.4) is 0 Å². The number of piperidine rings is 1. The minimum Gasteiger partial charge on any atom is -0.497 e. The molecule has 0 saturated carbocycles. The maximum Gasteiger partial charge on any atom is 0.243 e. The zero-order chi connectivity index (χ0) is 19.2. The van der Waals surface area contributed by atoms with Crippen molar-refractivity contribution in [2.75, 3.05) is 26.7 Å². The molecule has 1 aliphatic rings. The Hall–Kier alpha value is -1.60. The molecule has 0 spiro atoms. The van der Waals surface area contributed by atoms with Crippen molar-refractivity contribution in [2.24, 2.45) is 5.92 Å². The number of ether oxygens (including phenoxy) is 1. The van der Waals surface area contributed by atoms with Gasteiger partial charge >= 0.3 is 0 Å². The highest BCUT2D eigenvalue weighted by Gasteiger charge is 2.32. The smallest absolute Gasteiger partial charge is 0.243 e. The molecule has 1 N–H and O–H groups in total. The predicted molar refractivity (Wildman–Crippen MR) is 102 cm³/mol. The first-order valence-electron chi connectivity index (χ1n) is 9.32. The van der Waals surface area contributed by atoms with Crippen LogP contribution in [0.25, 0.3) is 0 Å². The molecule has 26 heavy (non-hydrogen) atoms. The Morgan fingerprint density at radius 2 is 1.96 bits per heavy atom. The Morgan fingerprint density at radius 3 is 2.54 bits per heavy atom. The molecule has 1 saturated heterocycles. The third kappa shape index (κ3) is 4.98. The summed E-state index contributed by atoms with van der Waals surface area (Å²) in [6, 6.07) is 4.98. The van der Waals surface area contributed by atoms with E-state index in [1.807, 2.05) is 0 Å². The van der Waals surface area contributed by atoms with Gasteiger partial charge in [-0.2, -0.15) is 4.31 Å². The number of amides is 1. The number of benzene rings is 1. The van der Waals surface area contributed by atoms with Crippen LogP contribution in [0.15, 0.2) is 23.1 Å². The lowest BCUT2D eigenvalue weighted by Crippen LogP contribution is -2.43. The van der Waals surface area contributed by atoms with E-state index in [4.69, 9.17) is 4.74 Å². The second-order valence-electron chi connectivity index (χ2n) is 6.81. The van der Waals surface area contributed by atoms with Crippen LogP contribution >= 0.6 is 0 Å². The van der Waals surface area contributed by atoms with Crippen molar-refractivity contribution < 1.29 is 17.9 Å². The Balaban J connectivity index is 1.95. The second-order valence-corrected chi connectivity index (χ2v) is 8.71. The molecule has 6 nitrogen and oxygen atoms in total. The van der Waals surface area contributed by atoms with Gasteiger partial charge in [0.2, 0.25) is 15.9 Å². The number of nitrogens with zero attached hydrogens (tertiary/aromatic N) is 1. The van der Waals surface area contributed by atoms with Crippen LogP contribution in [0.2, 0.25) is 0 Å². The van der Waals surface area contributed by atoms with Crippen LogP contribution in [0.5, 0.6) is 5.75 Å². The number of hydrogen-bond donors (Lipinski definition) is 1. The van der Waals surface area contributed by atoms with Gasteiger partial charge in [0.25, 0.3) is 0 Å². The van der Waals surface area contributed by atoms with Crippen LogP contribution in [-0.2, 0) is 14.8 Å². The topological polar surface area (TPSA) is 75.7 Å². The molecule has 1 aromatic rings. The largest absolute Gasteiger partial charge is 0.497 e. The fourth-order valence-corrected chi connectivity index (χ4v) is 4.94. The molecule has 1 fully saturated rings. The van der Waals surface area contributed by atoms with E-state index >= 15 is 0 Å². The lowest BCUT2D eigenvalue weighted by Gasteiger charge is -2.31. The summed E-state index contributed by atoms with van der Waals surface area (Å²) in [5, 5.41) is 2.97. The number of sulfonamides is 1. The summed E-state index contributed by atoms with van der Waals surface area (Å²) in [5.74, 6) is 0.596. The lowest BCUT2D eigenvalue weighted by molar-refractivity contribution is -0.126. The van der Waals surface area contributed by atoms with Gasteiger partial charge in [0.05, 0.1) is 12.0 Å². The Kier molecular flexibility index (Phi) is 7.46. The lowest BCUT2D eigenvalue weighted by atomic mass is 9.97. The summed E-state index contributed by atoms with van der Waals surface area (Å²) in [6.07, 6.45) is 4.35. The standard InChI is InChI=1S/C19H30N2O4S/c1-4-5-6-11-20-19(22)16-9-12-21(13-10-16)26(23,24)18-8-7-17(25-3)14-15(18)2/h7-8,14,16H,4-6,9-13H2,1-3H3,(H,20,22). The van der Waals surface area contributed by atoms with E-state index in [0.29, 0.717) is 48.7 Å². The SMILES string of the molecule is CCCCCNC(=O)C1CCN(S(=O)(=O)c2ccc(OC)cc2C)CC1. The predicted octanol–water partition coefficient (Wildman–Crippen LogP) is 2.71. The summed E-state index contributed by atoms with van der Waals surface area (Å²) in [5.41, 5.74) is 0.667. The summed E-state index contributed by atoms with van der Waals surface area (Å²) in [4.78, 5) is 12.5. The number of aryl methyl sites for hydroxylation is 1. The van der Waals surface area contributed by atoms with E-state index in [9.17, 15) is 13.2 Å². The van der Waals surface area contributed by atoms with Gasteiger partial charge in [-0.3, -0.25) is 4.79 Å². The van der Waals surface area contributed by atoms with Gasteiger partial charge in [0, 0.05) is 25.6 Å². The number of rotatable bonds is 8. The van der Waals surface area contributed by atoms with Crippen LogP contribution in [0, 0.1) is 12.8 Å². The highest BCUT2D eigenvalue weighted by Crippen LogP contribution is 2.27. The van der Waals surface area contributed by atoms with Crippen molar-refractivity contribution in [3.8, 4) is 5.75 Å². The van der Waals surface area contributed by atoms with Crippen molar-refractivity contribution in [2.45, 2.75) is 50.8 Å². The van der Waals surface area contributed by atoms with Crippen molar-refractivity contribution >= 4 is 15.9 Å². The highest BCUT2D eigenvalue weighted by molar-refractivity contribution is 7.89. The van der Waals surface area contributed by atoms with E-state index in [0.717, 1.165) is 19.3 Å². The van der Waals surface area contributed by atoms with Crippen LogP contribution in [0.1, 0.15) is 44.6 Å². The van der Waals surface area contributed by atoms with E-state index < -0.39 is 10.0 Å². The minimum absolute atomic E-state index is 0.0544. The minimum atomic E-state index is -3.55. The summed E-state index contributed by atoms with van der Waals surface area (Å²) >= 11 is 0. The monoisotopic (exact) mass is 382 g/mol. The number of carbonyl (C=O) groups is 1. The van der Waals surface area contributed by atoms with Crippen molar-refractivity contribution in [1.29, 1.82) is 0 Å². The van der Waals surface area contributed by atoms with Gasteiger partial charge < -0.3 is 10.1 Å². The molecule has 1 heterocycles.